The van der Waals surface area contributed by atoms with Crippen molar-refractivity contribution in [2.24, 2.45) is 11.7 Å². The van der Waals surface area contributed by atoms with Crippen LogP contribution < -0.4 is 15.2 Å². The molecule has 2 N–H and O–H groups in total. The Bertz CT molecular complexity index is 368. The van der Waals surface area contributed by atoms with E-state index in [-0.39, 0.29) is 0 Å². The van der Waals surface area contributed by atoms with Gasteiger partial charge in [-0.25, -0.2) is 4.98 Å². The highest BCUT2D eigenvalue weighted by molar-refractivity contribution is 5.44. The lowest BCUT2D eigenvalue weighted by Gasteiger charge is -2.25. The number of hydrogen-bond acceptors (Lipinski definition) is 4. The van der Waals surface area contributed by atoms with E-state index >= 15 is 0 Å². The Morgan fingerprint density at radius 1 is 1.38 bits per heavy atom. The highest BCUT2D eigenvalue weighted by Gasteiger charge is 2.23. The van der Waals surface area contributed by atoms with Crippen molar-refractivity contribution in [1.29, 1.82) is 0 Å². The number of aromatic nitrogens is 1. The predicted molar refractivity (Wildman–Crippen MR) is 61.9 cm³/mol. The third kappa shape index (κ3) is 1.97. The minimum atomic E-state index is 0.350. The Hall–Kier alpha value is -1.29. The second-order valence-corrected chi connectivity index (χ2v) is 4.23. The lowest BCUT2D eigenvalue weighted by atomic mass is 9.89. The Kier molecular flexibility index (Phi) is 3.29. The molecule has 0 saturated carbocycles. The largest absolute Gasteiger partial charge is 0.484 e. The van der Waals surface area contributed by atoms with E-state index in [1.807, 2.05) is 6.07 Å². The summed E-state index contributed by atoms with van der Waals surface area (Å²) >= 11 is 0. The lowest BCUT2D eigenvalue weighted by molar-refractivity contribution is 0.161. The molecule has 1 aliphatic heterocycles. The van der Waals surface area contributed by atoms with Crippen molar-refractivity contribution in [3.8, 4) is 11.6 Å². The number of ether oxygens (including phenoxy) is 2. The zero-order valence-corrected chi connectivity index (χ0v) is 9.77. The van der Waals surface area contributed by atoms with Crippen molar-refractivity contribution in [2.75, 3.05) is 19.8 Å². The van der Waals surface area contributed by atoms with E-state index in [2.05, 4.69) is 18.8 Å². The number of hydrogen-bond donors (Lipinski definition) is 1. The van der Waals surface area contributed by atoms with Gasteiger partial charge in [0.1, 0.15) is 13.2 Å². The van der Waals surface area contributed by atoms with Gasteiger partial charge in [-0.1, -0.05) is 13.8 Å². The van der Waals surface area contributed by atoms with Gasteiger partial charge in [0.2, 0.25) is 0 Å². The van der Waals surface area contributed by atoms with Crippen molar-refractivity contribution in [1.82, 2.24) is 4.98 Å². The number of fused-ring (bicyclic) bond motifs is 1. The maximum atomic E-state index is 5.70. The van der Waals surface area contributed by atoms with E-state index in [1.165, 1.54) is 0 Å². The smallest absolute Gasteiger partial charge is 0.257 e. The first kappa shape index (κ1) is 11.2. The number of rotatable bonds is 3. The van der Waals surface area contributed by atoms with E-state index in [9.17, 15) is 0 Å². The quantitative estimate of drug-likeness (QED) is 0.843. The molecule has 0 amide bonds. The molecular weight excluding hydrogens is 204 g/mol. The van der Waals surface area contributed by atoms with Crippen LogP contribution in [0.4, 0.5) is 0 Å². The molecule has 0 aliphatic carbocycles. The fourth-order valence-electron chi connectivity index (χ4n) is 1.84. The summed E-state index contributed by atoms with van der Waals surface area (Å²) < 4.78 is 11.1. The first-order valence-corrected chi connectivity index (χ1v) is 5.68. The molecule has 2 atom stereocenters. The Morgan fingerprint density at radius 2 is 2.12 bits per heavy atom. The van der Waals surface area contributed by atoms with Crippen LogP contribution in [-0.2, 0) is 0 Å². The van der Waals surface area contributed by atoms with Gasteiger partial charge in [0.05, 0.1) is 0 Å². The second-order valence-electron chi connectivity index (χ2n) is 4.23. The van der Waals surface area contributed by atoms with E-state index in [0.717, 1.165) is 11.3 Å². The predicted octanol–water partition coefficient (Wildman–Crippen LogP) is 1.55. The number of pyridine rings is 1. The van der Waals surface area contributed by atoms with Crippen LogP contribution >= 0.6 is 0 Å². The van der Waals surface area contributed by atoms with Crippen LogP contribution in [0.2, 0.25) is 0 Å². The molecule has 0 saturated heterocycles. The van der Waals surface area contributed by atoms with Gasteiger partial charge in [0, 0.05) is 11.8 Å². The second kappa shape index (κ2) is 4.70. The van der Waals surface area contributed by atoms with Gasteiger partial charge in [-0.3, -0.25) is 0 Å². The lowest BCUT2D eigenvalue weighted by Crippen LogP contribution is -2.21. The highest BCUT2D eigenvalue weighted by Crippen LogP contribution is 2.38. The molecule has 0 spiro atoms. The van der Waals surface area contributed by atoms with E-state index in [4.69, 9.17) is 15.2 Å². The van der Waals surface area contributed by atoms with Gasteiger partial charge < -0.3 is 15.2 Å². The zero-order valence-electron chi connectivity index (χ0n) is 9.77. The Labute approximate surface area is 95.8 Å². The van der Waals surface area contributed by atoms with E-state index in [0.29, 0.717) is 37.5 Å². The third-order valence-electron chi connectivity index (χ3n) is 3.19. The fourth-order valence-corrected chi connectivity index (χ4v) is 1.84. The van der Waals surface area contributed by atoms with E-state index < -0.39 is 0 Å². The molecule has 4 heteroatoms. The first-order valence-electron chi connectivity index (χ1n) is 5.68. The highest BCUT2D eigenvalue weighted by atomic mass is 16.6. The van der Waals surface area contributed by atoms with Gasteiger partial charge in [-0.2, -0.15) is 0 Å². The Morgan fingerprint density at radius 3 is 2.88 bits per heavy atom. The van der Waals surface area contributed by atoms with Crippen LogP contribution in [0.15, 0.2) is 12.3 Å². The number of nitrogens with zero attached hydrogens (tertiary/aromatic N) is 1. The van der Waals surface area contributed by atoms with Crippen LogP contribution in [-0.4, -0.2) is 24.7 Å². The average Bonchev–Trinajstić information content (AvgIpc) is 2.36. The SMILES string of the molecule is CC(c1ccnc2c1OCCO2)[C@H](C)CN. The summed E-state index contributed by atoms with van der Waals surface area (Å²) in [5.41, 5.74) is 6.84. The standard InChI is InChI=1S/C12H18N2O2/c1-8(7-13)9(2)10-3-4-14-12-11(10)15-5-6-16-12/h3-4,8-9H,5-7,13H2,1-2H3/t8-,9?/m1/s1. The van der Waals surface area contributed by atoms with Crippen LogP contribution in [0.25, 0.3) is 0 Å². The summed E-state index contributed by atoms with van der Waals surface area (Å²) in [6.45, 7) is 6.13. The van der Waals surface area contributed by atoms with Gasteiger partial charge in [-0.15, -0.1) is 0 Å². The van der Waals surface area contributed by atoms with Gasteiger partial charge >= 0.3 is 0 Å². The summed E-state index contributed by atoms with van der Waals surface area (Å²) in [6.07, 6.45) is 1.77. The molecule has 88 valence electrons. The molecule has 0 fully saturated rings. The zero-order chi connectivity index (χ0) is 11.5. The topological polar surface area (TPSA) is 57.4 Å². The summed E-state index contributed by atoms with van der Waals surface area (Å²) in [6, 6.07) is 1.99. The molecular formula is C12H18N2O2. The third-order valence-corrected chi connectivity index (χ3v) is 3.19. The van der Waals surface area contributed by atoms with Crippen LogP contribution in [0.1, 0.15) is 25.3 Å². The van der Waals surface area contributed by atoms with Crippen LogP contribution in [0.5, 0.6) is 11.6 Å². The molecule has 0 bridgehead atoms. The summed E-state index contributed by atoms with van der Waals surface area (Å²) in [7, 11) is 0. The minimum absolute atomic E-state index is 0.350. The summed E-state index contributed by atoms with van der Waals surface area (Å²) in [4.78, 5) is 4.17. The molecule has 0 aromatic carbocycles. The molecule has 2 heterocycles. The first-order chi connectivity index (χ1) is 7.74. The molecule has 16 heavy (non-hydrogen) atoms. The Balaban J connectivity index is 2.33. The van der Waals surface area contributed by atoms with Crippen molar-refractivity contribution in [3.63, 3.8) is 0 Å². The van der Waals surface area contributed by atoms with Crippen molar-refractivity contribution in [3.05, 3.63) is 17.8 Å². The maximum absolute atomic E-state index is 5.70. The van der Waals surface area contributed by atoms with Crippen molar-refractivity contribution in [2.45, 2.75) is 19.8 Å². The molecule has 1 aromatic rings. The van der Waals surface area contributed by atoms with Gasteiger partial charge in [0.15, 0.2) is 5.75 Å². The summed E-state index contributed by atoms with van der Waals surface area (Å²) in [5.74, 6) is 2.17. The van der Waals surface area contributed by atoms with Gasteiger partial charge in [0.25, 0.3) is 5.88 Å². The monoisotopic (exact) mass is 222 g/mol. The van der Waals surface area contributed by atoms with Gasteiger partial charge in [-0.05, 0) is 24.4 Å². The molecule has 1 unspecified atom stereocenters. The van der Waals surface area contributed by atoms with Crippen LogP contribution in [0, 0.1) is 5.92 Å². The maximum Gasteiger partial charge on any atom is 0.257 e. The number of nitrogens with two attached hydrogens (primary N) is 1. The molecule has 4 nitrogen and oxygen atoms in total. The molecule has 1 aromatic heterocycles. The van der Waals surface area contributed by atoms with Crippen LogP contribution in [0.3, 0.4) is 0 Å². The van der Waals surface area contributed by atoms with E-state index in [1.54, 1.807) is 6.20 Å². The summed E-state index contributed by atoms with van der Waals surface area (Å²) in [5, 5.41) is 0. The molecule has 0 radical (unpaired) electrons. The molecule has 2 rings (SSSR count). The van der Waals surface area contributed by atoms with Crippen molar-refractivity contribution < 1.29 is 9.47 Å². The fraction of sp³-hybridized carbons (Fsp3) is 0.583. The van der Waals surface area contributed by atoms with Crippen molar-refractivity contribution >= 4 is 0 Å². The average molecular weight is 222 g/mol. The minimum Gasteiger partial charge on any atom is -0.484 e. The normalized spacial score (nSPS) is 17.9. The molecule has 1 aliphatic rings.